The Bertz CT molecular complexity index is 3990. The Hall–Kier alpha value is -10.1. The molecule has 111 heavy (non-hydrogen) atoms. The average Bonchev–Trinajstić information content (AvgIpc) is 1.56. The van der Waals surface area contributed by atoms with E-state index >= 15 is 0 Å². The number of hydrogen-bond acceptors (Lipinski definition) is 34. The van der Waals surface area contributed by atoms with Crippen LogP contribution in [0.2, 0.25) is 0 Å². The Morgan fingerprint density at radius 2 is 1.03 bits per heavy atom. The third kappa shape index (κ3) is 24.0. The maximum Gasteiger partial charge on any atom is 0.426 e. The highest BCUT2D eigenvalue weighted by Gasteiger charge is 2.68. The second-order valence-electron chi connectivity index (χ2n) is 26.8. The third-order valence-electron chi connectivity index (χ3n) is 15.3. The number of amides is 11. The molecule has 0 saturated carbocycles. The van der Waals surface area contributed by atoms with E-state index in [1.807, 2.05) is 10.9 Å². The number of esters is 2. The summed E-state index contributed by atoms with van der Waals surface area (Å²) >= 11 is 9.37. The smallest absolute Gasteiger partial charge is 0.426 e. The van der Waals surface area contributed by atoms with Crippen LogP contribution in [0.5, 0.6) is 0 Å². The van der Waals surface area contributed by atoms with E-state index in [-0.39, 0.29) is 107 Å². The lowest BCUT2D eigenvalue weighted by molar-refractivity contribution is -0.180. The molecule has 8 heterocycles. The predicted octanol–water partition coefficient (Wildman–Crippen LogP) is 2.04. The molecular weight excluding hydrogens is 1560 g/mol. The van der Waals surface area contributed by atoms with Crippen molar-refractivity contribution in [1.82, 2.24) is 66.6 Å². The molecule has 6 aliphatic rings. The molecule has 602 valence electrons. The number of ether oxygens (including phenoxy) is 5. The quantitative estimate of drug-likeness (QED) is 0.00643. The van der Waals surface area contributed by atoms with Crippen molar-refractivity contribution in [3.05, 3.63) is 70.1 Å². The number of urea groups is 3. The predicted molar refractivity (Wildman–Crippen MR) is 398 cm³/mol. The Morgan fingerprint density at radius 1 is 0.622 bits per heavy atom. The number of thioether (sulfide) groups is 2. The second kappa shape index (κ2) is 39.2. The number of thiazole rings is 2. The summed E-state index contributed by atoms with van der Waals surface area (Å²) in [5.41, 5.74) is 3.33. The number of ketones is 2. The molecule has 0 aromatic carbocycles. The van der Waals surface area contributed by atoms with E-state index < -0.39 is 138 Å². The zero-order chi connectivity index (χ0) is 83.5. The molecule has 48 heteroatoms. The fraction of sp³-hybridized carbons (Fsp3) is 0.540. The zero-order valence-electron chi connectivity index (χ0n) is 62.4. The molecule has 9 N–H and O–H groups in total. The first-order valence-corrected chi connectivity index (χ1v) is 36.9. The van der Waals surface area contributed by atoms with Gasteiger partial charge < -0.3 is 57.8 Å². The van der Waals surface area contributed by atoms with Crippen molar-refractivity contribution in [3.63, 3.8) is 0 Å². The lowest BCUT2D eigenvalue weighted by Crippen LogP contribution is -2.60. The van der Waals surface area contributed by atoms with Crippen LogP contribution >= 0.6 is 57.8 Å². The number of β-lactam (4-membered cyclic amide) rings is 2. The van der Waals surface area contributed by atoms with E-state index in [9.17, 15) is 71.9 Å². The van der Waals surface area contributed by atoms with Crippen LogP contribution in [-0.4, -0.2) is 265 Å². The number of hydrogen-bond donors (Lipinski definition) is 7. The SMILES string of the molecule is C=CCOC(=O)NCC(=O)Cl.C=CCOC(=O)NN.[B]OC(=O)[C@@]1(N2CCN(N)C2=O)CN2C(=O)[C@@H](CC(=O)/C(=N\OC(C)(C)C(=O)OC(C)(C)C)c3csc(C)n3)[C@H]2S1.[B]OC(=O)[C@@]1(N2CCN(NC(=O)NNC(=O)OCC=C)C2=O)CN2C(=O)[C@@H](CC(=O)/C(=N\OC(C)(C)C(=O)OC(C)(C)C)c3csc(C)n3)[C@H]2S1. The van der Waals surface area contributed by atoms with Crippen LogP contribution in [-0.2, 0) is 85.8 Å². The molecule has 6 fully saturated rings. The van der Waals surface area contributed by atoms with E-state index in [4.69, 9.17) is 52.7 Å². The average molecular weight is 1650 g/mol. The molecule has 0 spiro atoms. The molecular formula is C63H84B2ClN17O24S4. The van der Waals surface area contributed by atoms with Gasteiger partial charge in [0, 0.05) is 36.7 Å². The van der Waals surface area contributed by atoms with Crippen molar-refractivity contribution in [3.8, 4) is 0 Å². The number of aryl methyl sites for hydroxylation is 2. The molecule has 8 rings (SSSR count). The van der Waals surface area contributed by atoms with E-state index in [0.29, 0.717) is 10.0 Å². The van der Waals surface area contributed by atoms with E-state index in [1.165, 1.54) is 83.3 Å². The molecule has 41 nitrogen and oxygen atoms in total. The normalized spacial score (nSPS) is 20.5. The molecule has 0 unspecified atom stereocenters. The van der Waals surface area contributed by atoms with Gasteiger partial charge >= 0.3 is 76.3 Å². The van der Waals surface area contributed by atoms with Crippen LogP contribution in [0, 0.1) is 25.7 Å². The first kappa shape index (κ1) is 91.5. The summed E-state index contributed by atoms with van der Waals surface area (Å²) in [7, 11) is 10.5. The molecule has 2 aromatic rings. The van der Waals surface area contributed by atoms with Gasteiger partial charge in [0.2, 0.25) is 38.0 Å². The number of hydrazine groups is 4. The van der Waals surface area contributed by atoms with Crippen LogP contribution in [0.25, 0.3) is 0 Å². The van der Waals surface area contributed by atoms with Crippen LogP contribution in [0.4, 0.5) is 28.8 Å². The standard InChI is InChI=1S/C29H37BN8O11S2.C24H31BN6O8S2.C6H8ClNO3.C4H8N2O2/c1-8-11-46-25(44)33-32-24(43)34-38-10-9-37(26(38)45)29(23(42)48-30)14-36-20(40)16(21(36)51-29)12-18(39)19(17-13-50-15(2)31-17)35-49-28(6,7)22(41)47-27(3,4)5;1-12-27-14(10-40-12)16(28-39-23(5,6)19(34)37-22(2,3)4)15(32)9-13-17(33)29-11-24(20(35)38-25,41-18(13)29)30-7-8-31(26)21(30)36;1-2-3-11-6(10)8-4-5(7)9;1-2-3-8-4(7)6-5/h8,13,16,21H,1,9-12,14H2,2-7H3,(H,33,44)(H2,32,34,43);10,13,18H,7-9,11,26H2,1-6H3;2H,1,3-4H2,(H,8,10);2H,1,3,5H2,(H,6,7)/b35-19-;28-16-;;/t16-,21-,29-;13-,18-,24-;;/m11../s1. The van der Waals surface area contributed by atoms with Crippen molar-refractivity contribution < 1.29 is 115 Å². The summed E-state index contributed by atoms with van der Waals surface area (Å²) < 4.78 is 33.4. The summed E-state index contributed by atoms with van der Waals surface area (Å²) in [4.78, 5) is 207. The van der Waals surface area contributed by atoms with Crippen LogP contribution in [0.3, 0.4) is 0 Å². The van der Waals surface area contributed by atoms with Crippen molar-refractivity contribution in [2.75, 3.05) is 65.6 Å². The number of rotatable bonds is 27. The van der Waals surface area contributed by atoms with Gasteiger partial charge in [-0.3, -0.25) is 53.8 Å². The molecule has 6 saturated heterocycles. The summed E-state index contributed by atoms with van der Waals surface area (Å²) in [6, 6.07) is -2.44. The first-order valence-electron chi connectivity index (χ1n) is 33.0. The minimum absolute atomic E-state index is 0.0968. The maximum atomic E-state index is 13.7. The monoisotopic (exact) mass is 1650 g/mol. The van der Waals surface area contributed by atoms with Crippen molar-refractivity contribution in [2.45, 2.75) is 139 Å². The molecule has 6 atom stereocenters. The number of nitrogens with one attached hydrogen (secondary N) is 5. The highest BCUT2D eigenvalue weighted by molar-refractivity contribution is 8.02. The van der Waals surface area contributed by atoms with Crippen LogP contribution < -0.4 is 38.7 Å². The van der Waals surface area contributed by atoms with Gasteiger partial charge in [-0.2, -0.15) is 0 Å². The molecule has 6 aliphatic heterocycles. The van der Waals surface area contributed by atoms with Crippen molar-refractivity contribution >= 4 is 174 Å². The maximum absolute atomic E-state index is 13.7. The zero-order valence-corrected chi connectivity index (χ0v) is 66.4. The van der Waals surface area contributed by atoms with E-state index in [0.717, 1.165) is 38.4 Å². The summed E-state index contributed by atoms with van der Waals surface area (Å²) in [6.07, 6.45) is 1.21. The van der Waals surface area contributed by atoms with Crippen LogP contribution in [0.15, 0.2) is 59.0 Å². The number of aromatic nitrogens is 2. The number of carbonyl (C=O) groups excluding carboxylic acids is 15. The molecule has 4 radical (unpaired) electrons. The van der Waals surface area contributed by atoms with Gasteiger partial charge in [-0.25, -0.2) is 81.3 Å². The highest BCUT2D eigenvalue weighted by Crippen LogP contribution is 2.55. The van der Waals surface area contributed by atoms with Gasteiger partial charge in [0.15, 0.2) is 23.0 Å². The topological polar surface area (TPSA) is 521 Å². The fourth-order valence-corrected chi connectivity index (χ4v) is 14.8. The largest absolute Gasteiger partial charge is 0.541 e. The fourth-order valence-electron chi connectivity index (χ4n) is 10.1. The van der Waals surface area contributed by atoms with Gasteiger partial charge in [-0.05, 0) is 94.7 Å². The number of oxime groups is 2. The number of nitrogens with two attached hydrogens (primary N) is 2. The number of alkyl carbamates (subject to hydrolysis) is 1. The van der Waals surface area contributed by atoms with Crippen molar-refractivity contribution in [1.29, 1.82) is 0 Å². The third-order valence-corrected chi connectivity index (χ3v) is 20.4. The Morgan fingerprint density at radius 3 is 1.39 bits per heavy atom. The van der Waals surface area contributed by atoms with E-state index in [1.54, 1.807) is 71.6 Å². The number of fused-ring (bicyclic) bond motifs is 2. The molecule has 0 bridgehead atoms. The molecule has 2 aromatic heterocycles. The van der Waals surface area contributed by atoms with Crippen molar-refractivity contribution in [2.24, 2.45) is 33.8 Å². The van der Waals surface area contributed by atoms with E-state index in [2.05, 4.69) is 80.1 Å². The highest BCUT2D eigenvalue weighted by atomic mass is 35.5. The number of carbonyl (C=O) groups is 15. The minimum atomic E-state index is -1.83. The second-order valence-corrected chi connectivity index (χ2v) is 32.1. The lowest BCUT2D eigenvalue weighted by Gasteiger charge is -2.40. The van der Waals surface area contributed by atoms with Gasteiger partial charge in [0.25, 0.3) is 0 Å². The van der Waals surface area contributed by atoms with Gasteiger partial charge in [0.1, 0.15) is 42.4 Å². The van der Waals surface area contributed by atoms with Gasteiger partial charge in [-0.1, -0.05) is 71.8 Å². The van der Waals surface area contributed by atoms with Crippen LogP contribution in [0.1, 0.15) is 103 Å². The Balaban J connectivity index is 0.000000325. The van der Waals surface area contributed by atoms with Gasteiger partial charge in [0.05, 0.1) is 65.3 Å². The Kier molecular flexibility index (Phi) is 32.3. The summed E-state index contributed by atoms with van der Waals surface area (Å²) in [5, 5.41) is 14.5. The van der Waals surface area contributed by atoms with Gasteiger partial charge in [-0.15, -0.1) is 22.7 Å². The number of nitrogens with zero attached hydrogens (tertiary/aromatic N) is 10. The lowest BCUT2D eigenvalue weighted by atomic mass is 9.90. The molecule has 11 amide bonds. The number of Topliss-reactive ketones (excluding diaryl/α,β-unsaturated/α-hetero) is 2. The Labute approximate surface area is 660 Å². The minimum Gasteiger partial charge on any atom is -0.541 e. The summed E-state index contributed by atoms with van der Waals surface area (Å²) in [5.74, 6) is 3.17. The number of halogens is 1. The first-order chi connectivity index (χ1) is 51.8. The summed E-state index contributed by atoms with van der Waals surface area (Å²) in [6.45, 7) is 29.1. The molecule has 0 aliphatic carbocycles.